The number of hydrogen-bond donors (Lipinski definition) is 1. The summed E-state index contributed by atoms with van der Waals surface area (Å²) in [4.78, 5) is 17.9. The van der Waals surface area contributed by atoms with Crippen LogP contribution in [0.25, 0.3) is 22.4 Å². The third-order valence-corrected chi connectivity index (χ3v) is 4.07. The molecule has 0 fully saturated rings. The van der Waals surface area contributed by atoms with Crippen molar-refractivity contribution in [1.82, 2.24) is 9.97 Å². The Kier molecular flexibility index (Phi) is 2.58. The Morgan fingerprint density at radius 2 is 2.00 bits per heavy atom. The van der Waals surface area contributed by atoms with E-state index in [1.54, 1.807) is 5.38 Å². The molecule has 0 aliphatic carbocycles. The zero-order valence-corrected chi connectivity index (χ0v) is 11.5. The molecule has 1 aliphatic heterocycles. The van der Waals surface area contributed by atoms with Crippen molar-refractivity contribution in [2.24, 2.45) is 0 Å². The van der Waals surface area contributed by atoms with Gasteiger partial charge in [-0.15, -0.1) is 0 Å². The van der Waals surface area contributed by atoms with Gasteiger partial charge in [0.1, 0.15) is 19.0 Å². The second-order valence-electron chi connectivity index (χ2n) is 4.53. The largest absolute Gasteiger partial charge is 0.486 e. The minimum Gasteiger partial charge on any atom is -0.486 e. The maximum absolute atomic E-state index is 10.7. The van der Waals surface area contributed by atoms with Crippen LogP contribution in [-0.4, -0.2) is 28.1 Å². The zero-order chi connectivity index (χ0) is 14.4. The number of benzene rings is 1. The number of rotatable bonds is 2. The van der Waals surface area contributed by atoms with Crippen molar-refractivity contribution in [3.8, 4) is 22.9 Å². The summed E-state index contributed by atoms with van der Waals surface area (Å²) in [5, 5.41) is 12.5. The summed E-state index contributed by atoms with van der Waals surface area (Å²) < 4.78 is 11.0. The van der Waals surface area contributed by atoms with E-state index in [4.69, 9.17) is 9.47 Å². The Balaban J connectivity index is 1.80. The Morgan fingerprint density at radius 1 is 1.24 bits per heavy atom. The number of nitrogens with one attached hydrogen (secondary N) is 1. The molecule has 1 N–H and O–H groups in total. The Bertz CT molecular complexity index is 811. The molecule has 2 aromatic heterocycles. The molecule has 106 valence electrons. The first-order chi connectivity index (χ1) is 10.2. The summed E-state index contributed by atoms with van der Waals surface area (Å²) in [5.41, 5.74) is 2.24. The van der Waals surface area contributed by atoms with Crippen molar-refractivity contribution in [3.05, 3.63) is 33.7 Å². The van der Waals surface area contributed by atoms with E-state index in [0.717, 1.165) is 22.4 Å². The maximum atomic E-state index is 10.7. The number of hydrogen-bond acceptors (Lipinski definition) is 6. The summed E-state index contributed by atoms with van der Waals surface area (Å²) in [7, 11) is 0. The number of H-pyrrole nitrogens is 1. The summed E-state index contributed by atoms with van der Waals surface area (Å²) in [6, 6.07) is 5.15. The lowest BCUT2D eigenvalue weighted by Crippen LogP contribution is -2.15. The van der Waals surface area contributed by atoms with Crippen molar-refractivity contribution in [3.63, 3.8) is 0 Å². The van der Waals surface area contributed by atoms with Crippen LogP contribution in [0.4, 0.5) is 5.00 Å². The van der Waals surface area contributed by atoms with E-state index >= 15 is 0 Å². The van der Waals surface area contributed by atoms with E-state index in [1.165, 1.54) is 6.07 Å². The second-order valence-corrected chi connectivity index (χ2v) is 5.42. The second kappa shape index (κ2) is 4.45. The molecule has 4 rings (SSSR count). The zero-order valence-electron chi connectivity index (χ0n) is 10.7. The van der Waals surface area contributed by atoms with Gasteiger partial charge in [-0.25, -0.2) is 4.98 Å². The number of ether oxygens (including phenoxy) is 2. The molecule has 0 unspecified atom stereocenters. The first-order valence-electron chi connectivity index (χ1n) is 6.23. The van der Waals surface area contributed by atoms with E-state index in [9.17, 15) is 10.1 Å². The fourth-order valence-electron chi connectivity index (χ4n) is 2.23. The molecule has 0 atom stereocenters. The highest BCUT2D eigenvalue weighted by molar-refractivity contribution is 7.13. The molecular weight excluding hydrogens is 294 g/mol. The van der Waals surface area contributed by atoms with Crippen LogP contribution in [0.5, 0.6) is 11.5 Å². The summed E-state index contributed by atoms with van der Waals surface area (Å²) >= 11 is 1.08. The number of aromatic amines is 1. The Hall–Kier alpha value is -2.61. The van der Waals surface area contributed by atoms with Gasteiger partial charge >= 0.3 is 5.00 Å². The van der Waals surface area contributed by atoms with E-state index in [1.807, 2.05) is 12.1 Å². The third kappa shape index (κ3) is 2.00. The van der Waals surface area contributed by atoms with Gasteiger partial charge < -0.3 is 14.5 Å². The predicted octanol–water partition coefficient (Wildman–Crippen LogP) is 2.97. The van der Waals surface area contributed by atoms with Gasteiger partial charge in [0.05, 0.1) is 16.0 Å². The van der Waals surface area contributed by atoms with Crippen LogP contribution < -0.4 is 9.47 Å². The Morgan fingerprint density at radius 3 is 2.71 bits per heavy atom. The molecule has 1 aliphatic rings. The van der Waals surface area contributed by atoms with E-state index < -0.39 is 4.92 Å². The monoisotopic (exact) mass is 303 g/mol. The van der Waals surface area contributed by atoms with Crippen molar-refractivity contribution in [2.75, 3.05) is 13.2 Å². The lowest BCUT2D eigenvalue weighted by molar-refractivity contribution is -0.380. The van der Waals surface area contributed by atoms with Crippen LogP contribution in [0, 0.1) is 10.1 Å². The van der Waals surface area contributed by atoms with Crippen LogP contribution in [0.15, 0.2) is 23.6 Å². The molecular formula is C13H9N3O4S. The molecule has 7 nitrogen and oxygen atoms in total. The normalized spacial score (nSPS) is 13.5. The number of aromatic nitrogens is 2. The molecule has 8 heteroatoms. The molecule has 0 amide bonds. The van der Waals surface area contributed by atoms with E-state index in [0.29, 0.717) is 36.1 Å². The quantitative estimate of drug-likeness (QED) is 0.580. The standard InChI is InChI=1S/C13H9N3O4S/c17-16(18)12-3-7(6-21-12)13-14-8-4-10-11(5-9(8)15-13)20-2-1-19-10/h3-6H,1-2H2,(H,14,15). The fourth-order valence-corrected chi connectivity index (χ4v) is 2.94. The van der Waals surface area contributed by atoms with Gasteiger partial charge in [0.25, 0.3) is 0 Å². The van der Waals surface area contributed by atoms with Crippen LogP contribution in [0.1, 0.15) is 0 Å². The molecule has 0 spiro atoms. The van der Waals surface area contributed by atoms with Gasteiger partial charge in [-0.05, 0) is 0 Å². The molecule has 0 saturated heterocycles. The minimum absolute atomic E-state index is 0.0939. The Labute approximate surface area is 122 Å². The van der Waals surface area contributed by atoms with Crippen molar-refractivity contribution in [1.29, 1.82) is 0 Å². The topological polar surface area (TPSA) is 90.3 Å². The van der Waals surface area contributed by atoms with Gasteiger partial charge in [-0.2, -0.15) is 0 Å². The lowest BCUT2D eigenvalue weighted by atomic mass is 10.2. The molecule has 3 heterocycles. The molecule has 3 aromatic rings. The first kappa shape index (κ1) is 12.2. The smallest absolute Gasteiger partial charge is 0.324 e. The van der Waals surface area contributed by atoms with Crippen molar-refractivity contribution in [2.45, 2.75) is 0 Å². The van der Waals surface area contributed by atoms with Gasteiger partial charge in [0.15, 0.2) is 11.5 Å². The van der Waals surface area contributed by atoms with Gasteiger partial charge in [-0.3, -0.25) is 10.1 Å². The summed E-state index contributed by atoms with van der Waals surface area (Å²) in [6.45, 7) is 1.04. The molecule has 1 aromatic carbocycles. The van der Waals surface area contributed by atoms with Gasteiger partial charge in [0, 0.05) is 29.1 Å². The average molecular weight is 303 g/mol. The van der Waals surface area contributed by atoms with Crippen LogP contribution >= 0.6 is 11.3 Å². The van der Waals surface area contributed by atoms with E-state index in [-0.39, 0.29) is 5.00 Å². The SMILES string of the molecule is O=[N+]([O-])c1cc(-c2nc3cc4c(cc3[nH]2)OCCO4)cs1. The maximum Gasteiger partial charge on any atom is 0.324 e. The fraction of sp³-hybridized carbons (Fsp3) is 0.154. The first-order valence-corrected chi connectivity index (χ1v) is 7.11. The number of fused-ring (bicyclic) bond motifs is 2. The third-order valence-electron chi connectivity index (χ3n) is 3.18. The van der Waals surface area contributed by atoms with Crippen LogP contribution in [0.3, 0.4) is 0 Å². The summed E-state index contributed by atoms with van der Waals surface area (Å²) in [6.07, 6.45) is 0. The van der Waals surface area contributed by atoms with Crippen molar-refractivity contribution >= 4 is 27.4 Å². The van der Waals surface area contributed by atoms with Crippen LogP contribution in [-0.2, 0) is 0 Å². The molecule has 21 heavy (non-hydrogen) atoms. The number of thiophene rings is 1. The number of nitrogens with zero attached hydrogens (tertiary/aromatic N) is 2. The van der Waals surface area contributed by atoms with Gasteiger partial charge in [-0.1, -0.05) is 11.3 Å². The number of nitro groups is 1. The van der Waals surface area contributed by atoms with E-state index in [2.05, 4.69) is 9.97 Å². The number of imidazole rings is 1. The lowest BCUT2D eigenvalue weighted by Gasteiger charge is -2.17. The summed E-state index contributed by atoms with van der Waals surface area (Å²) in [5.74, 6) is 1.94. The molecule has 0 saturated carbocycles. The van der Waals surface area contributed by atoms with Gasteiger partial charge in [0.2, 0.25) is 0 Å². The highest BCUT2D eigenvalue weighted by atomic mass is 32.1. The van der Waals surface area contributed by atoms with Crippen molar-refractivity contribution < 1.29 is 14.4 Å². The van der Waals surface area contributed by atoms with Crippen LogP contribution in [0.2, 0.25) is 0 Å². The molecule has 0 radical (unpaired) electrons. The highest BCUT2D eigenvalue weighted by Crippen LogP contribution is 2.36. The average Bonchev–Trinajstić information content (AvgIpc) is 3.11. The predicted molar refractivity (Wildman–Crippen MR) is 77.1 cm³/mol. The molecule has 0 bridgehead atoms. The highest BCUT2D eigenvalue weighted by Gasteiger charge is 2.17. The minimum atomic E-state index is -0.406.